The van der Waals surface area contributed by atoms with Crippen LogP contribution in [0.1, 0.15) is 67.7 Å². The van der Waals surface area contributed by atoms with Crippen LogP contribution in [-0.2, 0) is 4.74 Å². The summed E-state index contributed by atoms with van der Waals surface area (Å²) in [7, 11) is 0. The lowest BCUT2D eigenvalue weighted by Gasteiger charge is -2.43. The van der Waals surface area contributed by atoms with Crippen LogP contribution in [0.2, 0.25) is 0 Å². The monoisotopic (exact) mass is 311 g/mol. The lowest BCUT2D eigenvalue weighted by Crippen LogP contribution is -2.46. The van der Waals surface area contributed by atoms with Gasteiger partial charge in [0.15, 0.2) is 0 Å². The van der Waals surface area contributed by atoms with Crippen molar-refractivity contribution in [3.8, 4) is 0 Å². The molecular weight excluding hydrogens is 274 g/mol. The van der Waals surface area contributed by atoms with Crippen molar-refractivity contribution in [3.63, 3.8) is 0 Å². The number of rotatable bonds is 7. The van der Waals surface area contributed by atoms with Crippen molar-refractivity contribution < 1.29 is 9.84 Å². The average Bonchev–Trinajstić information content (AvgIpc) is 2.85. The Hall–Kier alpha value is -0.120. The van der Waals surface area contributed by atoms with E-state index in [0.29, 0.717) is 36.8 Å². The predicted molar refractivity (Wildman–Crippen MR) is 92.0 cm³/mol. The van der Waals surface area contributed by atoms with Crippen molar-refractivity contribution in [2.24, 2.45) is 16.7 Å². The van der Waals surface area contributed by atoms with Gasteiger partial charge in [-0.3, -0.25) is 4.90 Å². The van der Waals surface area contributed by atoms with E-state index in [9.17, 15) is 5.11 Å². The highest BCUT2D eigenvalue weighted by molar-refractivity contribution is 5.09. The molecule has 0 saturated heterocycles. The summed E-state index contributed by atoms with van der Waals surface area (Å²) >= 11 is 0. The molecule has 4 unspecified atom stereocenters. The first-order valence-electron chi connectivity index (χ1n) is 9.13. The molecular formula is C19H37NO2. The van der Waals surface area contributed by atoms with Gasteiger partial charge in [0.25, 0.3) is 0 Å². The van der Waals surface area contributed by atoms with Crippen molar-refractivity contribution in [3.05, 3.63) is 0 Å². The summed E-state index contributed by atoms with van der Waals surface area (Å²) in [5, 5.41) is 10.4. The molecule has 2 saturated carbocycles. The SMILES string of the molecule is CC(C)N(CC(O)COC1C2(C)CCC(C2)C1(C)C)C(C)C. The lowest BCUT2D eigenvalue weighted by molar-refractivity contribution is -0.115. The highest BCUT2D eigenvalue weighted by Crippen LogP contribution is 2.63. The van der Waals surface area contributed by atoms with Crippen molar-refractivity contribution in [1.82, 2.24) is 4.90 Å². The molecule has 22 heavy (non-hydrogen) atoms. The third kappa shape index (κ3) is 3.37. The Labute approximate surface area is 137 Å². The number of nitrogens with zero attached hydrogens (tertiary/aromatic N) is 1. The summed E-state index contributed by atoms with van der Waals surface area (Å²) in [5.74, 6) is 0.794. The van der Waals surface area contributed by atoms with Gasteiger partial charge in [-0.1, -0.05) is 20.8 Å². The second kappa shape index (κ2) is 6.41. The molecule has 4 atom stereocenters. The molecule has 2 fully saturated rings. The van der Waals surface area contributed by atoms with E-state index in [0.717, 1.165) is 5.92 Å². The molecule has 0 spiro atoms. The molecule has 3 nitrogen and oxygen atoms in total. The van der Waals surface area contributed by atoms with Gasteiger partial charge in [-0.2, -0.15) is 0 Å². The maximum atomic E-state index is 10.4. The van der Waals surface area contributed by atoms with Crippen molar-refractivity contribution in [2.45, 2.75) is 92.0 Å². The standard InChI is InChI=1S/C19H37NO2/c1-13(2)20(14(3)4)11-16(21)12-22-17-18(5,6)15-8-9-19(17,7)10-15/h13-17,21H,8-12H2,1-7H3. The summed E-state index contributed by atoms with van der Waals surface area (Å²) in [6.45, 7) is 17.0. The zero-order valence-corrected chi connectivity index (χ0v) is 15.7. The summed E-state index contributed by atoms with van der Waals surface area (Å²) in [4.78, 5) is 2.34. The number of hydrogen-bond donors (Lipinski definition) is 1. The fraction of sp³-hybridized carbons (Fsp3) is 1.00. The van der Waals surface area contributed by atoms with Gasteiger partial charge >= 0.3 is 0 Å². The number of ether oxygens (including phenoxy) is 1. The molecule has 2 aliphatic rings. The smallest absolute Gasteiger partial charge is 0.0900 e. The van der Waals surface area contributed by atoms with Gasteiger partial charge in [-0.15, -0.1) is 0 Å². The van der Waals surface area contributed by atoms with Crippen LogP contribution in [0, 0.1) is 16.7 Å². The molecule has 2 rings (SSSR count). The first kappa shape index (κ1) is 18.2. The molecule has 1 N–H and O–H groups in total. The average molecular weight is 312 g/mol. The fourth-order valence-electron chi connectivity index (χ4n) is 5.19. The maximum Gasteiger partial charge on any atom is 0.0900 e. The molecule has 0 radical (unpaired) electrons. The first-order chi connectivity index (χ1) is 10.1. The molecule has 3 heteroatoms. The molecule has 0 heterocycles. The zero-order chi connectivity index (χ0) is 16.7. The summed E-state index contributed by atoms with van der Waals surface area (Å²) in [6, 6.07) is 0.900. The highest BCUT2D eigenvalue weighted by Gasteiger charge is 2.60. The fourth-order valence-corrected chi connectivity index (χ4v) is 5.19. The van der Waals surface area contributed by atoms with E-state index in [2.05, 4.69) is 53.4 Å². The number of aliphatic hydroxyl groups is 1. The summed E-state index contributed by atoms with van der Waals surface area (Å²) in [5.41, 5.74) is 0.576. The Morgan fingerprint density at radius 2 is 1.73 bits per heavy atom. The summed E-state index contributed by atoms with van der Waals surface area (Å²) < 4.78 is 6.30. The van der Waals surface area contributed by atoms with Crippen molar-refractivity contribution >= 4 is 0 Å². The second-order valence-corrected chi connectivity index (χ2v) is 9.17. The van der Waals surface area contributed by atoms with Crippen LogP contribution in [0.5, 0.6) is 0 Å². The van der Waals surface area contributed by atoms with Crippen LogP contribution < -0.4 is 0 Å². The van der Waals surface area contributed by atoms with Crippen molar-refractivity contribution in [1.29, 1.82) is 0 Å². The zero-order valence-electron chi connectivity index (χ0n) is 15.7. The van der Waals surface area contributed by atoms with Gasteiger partial charge < -0.3 is 9.84 Å². The van der Waals surface area contributed by atoms with E-state index in [-0.39, 0.29) is 5.41 Å². The van der Waals surface area contributed by atoms with E-state index in [1.54, 1.807) is 0 Å². The van der Waals surface area contributed by atoms with Gasteiger partial charge in [0.2, 0.25) is 0 Å². The van der Waals surface area contributed by atoms with Gasteiger partial charge in [0.05, 0.1) is 18.8 Å². The Balaban J connectivity index is 1.90. The molecule has 2 aliphatic carbocycles. The van der Waals surface area contributed by atoms with Crippen LogP contribution in [0.4, 0.5) is 0 Å². The number of aliphatic hydroxyl groups excluding tert-OH is 1. The molecule has 2 bridgehead atoms. The lowest BCUT2D eigenvalue weighted by atomic mass is 9.70. The van der Waals surface area contributed by atoms with E-state index < -0.39 is 6.10 Å². The van der Waals surface area contributed by atoms with E-state index >= 15 is 0 Å². The molecule has 130 valence electrons. The van der Waals surface area contributed by atoms with E-state index in [1.165, 1.54) is 19.3 Å². The minimum Gasteiger partial charge on any atom is -0.389 e. The van der Waals surface area contributed by atoms with Gasteiger partial charge in [0, 0.05) is 18.6 Å². The van der Waals surface area contributed by atoms with Gasteiger partial charge in [-0.25, -0.2) is 0 Å². The molecule has 0 aromatic rings. The van der Waals surface area contributed by atoms with Gasteiger partial charge in [-0.05, 0) is 63.7 Å². The molecule has 0 aliphatic heterocycles. The van der Waals surface area contributed by atoms with E-state index in [4.69, 9.17) is 4.74 Å². The minimum atomic E-state index is -0.400. The Morgan fingerprint density at radius 1 is 1.14 bits per heavy atom. The largest absolute Gasteiger partial charge is 0.389 e. The summed E-state index contributed by atoms with van der Waals surface area (Å²) in [6.07, 6.45) is 3.82. The number of fused-ring (bicyclic) bond motifs is 2. The van der Waals surface area contributed by atoms with Crippen LogP contribution in [0.25, 0.3) is 0 Å². The first-order valence-corrected chi connectivity index (χ1v) is 9.13. The van der Waals surface area contributed by atoms with Crippen molar-refractivity contribution in [2.75, 3.05) is 13.2 Å². The minimum absolute atomic E-state index is 0.252. The van der Waals surface area contributed by atoms with Crippen LogP contribution in [0.15, 0.2) is 0 Å². The van der Waals surface area contributed by atoms with Crippen LogP contribution >= 0.6 is 0 Å². The molecule has 0 amide bonds. The quantitative estimate of drug-likeness (QED) is 0.778. The number of hydrogen-bond acceptors (Lipinski definition) is 3. The Bertz CT molecular complexity index is 367. The topological polar surface area (TPSA) is 32.7 Å². The van der Waals surface area contributed by atoms with Gasteiger partial charge in [0.1, 0.15) is 0 Å². The van der Waals surface area contributed by atoms with Crippen LogP contribution in [-0.4, -0.2) is 47.4 Å². The Kier molecular flexibility index (Phi) is 5.31. The molecule has 0 aromatic heterocycles. The maximum absolute atomic E-state index is 10.4. The molecule has 0 aromatic carbocycles. The van der Waals surface area contributed by atoms with E-state index in [1.807, 2.05) is 0 Å². The third-order valence-electron chi connectivity index (χ3n) is 6.34. The normalized spacial score (nSPS) is 35.0. The highest BCUT2D eigenvalue weighted by atomic mass is 16.5. The Morgan fingerprint density at radius 3 is 2.18 bits per heavy atom. The third-order valence-corrected chi connectivity index (χ3v) is 6.34. The van der Waals surface area contributed by atoms with Crippen LogP contribution in [0.3, 0.4) is 0 Å². The second-order valence-electron chi connectivity index (χ2n) is 9.17. The predicted octanol–water partition coefficient (Wildman–Crippen LogP) is 3.70.